The van der Waals surface area contributed by atoms with E-state index < -0.39 is 0 Å². The number of hydrogen-bond donors (Lipinski definition) is 1. The van der Waals surface area contributed by atoms with E-state index in [1.165, 1.54) is 0 Å². The lowest BCUT2D eigenvalue weighted by molar-refractivity contribution is -0.131. The zero-order chi connectivity index (χ0) is 18.5. The molecule has 0 atom stereocenters. The van der Waals surface area contributed by atoms with Gasteiger partial charge >= 0.3 is 0 Å². The molecular weight excluding hydrogens is 332 g/mol. The van der Waals surface area contributed by atoms with Crippen LogP contribution in [0, 0.1) is 0 Å². The molecule has 1 N–H and O–H groups in total. The zero-order valence-corrected chi connectivity index (χ0v) is 15.2. The number of amides is 1. The molecule has 138 valence electrons. The van der Waals surface area contributed by atoms with Gasteiger partial charge in [-0.3, -0.25) is 9.59 Å². The van der Waals surface area contributed by atoms with Crippen LogP contribution in [0.4, 0.5) is 0 Å². The van der Waals surface area contributed by atoms with Gasteiger partial charge < -0.3 is 19.4 Å². The van der Waals surface area contributed by atoms with E-state index in [9.17, 15) is 9.59 Å². The summed E-state index contributed by atoms with van der Waals surface area (Å²) in [6, 6.07) is 9.17. The summed E-state index contributed by atoms with van der Waals surface area (Å²) < 4.78 is 10.5. The van der Waals surface area contributed by atoms with Crippen molar-refractivity contribution >= 4 is 5.91 Å². The first-order valence-corrected chi connectivity index (χ1v) is 8.78. The SMILES string of the molecule is COc1ccc(CC(=O)N2CCC(c3cc[nH]c(=O)c3)CC2)cc1OC. The van der Waals surface area contributed by atoms with E-state index in [0.717, 1.165) is 24.0 Å². The predicted octanol–water partition coefficient (Wildman–Crippen LogP) is 2.34. The Bertz CT molecular complexity index is 823. The van der Waals surface area contributed by atoms with Crippen LogP contribution in [0.3, 0.4) is 0 Å². The fraction of sp³-hybridized carbons (Fsp3) is 0.400. The van der Waals surface area contributed by atoms with Crippen LogP contribution in [0.5, 0.6) is 11.5 Å². The maximum atomic E-state index is 12.6. The summed E-state index contributed by atoms with van der Waals surface area (Å²) in [5, 5.41) is 0. The fourth-order valence-electron chi connectivity index (χ4n) is 3.45. The highest BCUT2D eigenvalue weighted by molar-refractivity contribution is 5.79. The lowest BCUT2D eigenvalue weighted by Gasteiger charge is -2.32. The summed E-state index contributed by atoms with van der Waals surface area (Å²) in [5.74, 6) is 1.73. The molecule has 1 aromatic heterocycles. The summed E-state index contributed by atoms with van der Waals surface area (Å²) in [4.78, 5) is 28.6. The minimum atomic E-state index is -0.0746. The molecule has 0 spiro atoms. The summed E-state index contributed by atoms with van der Waals surface area (Å²) in [6.07, 6.45) is 3.78. The average Bonchev–Trinajstić information content (AvgIpc) is 2.68. The second-order valence-corrected chi connectivity index (χ2v) is 6.51. The number of nitrogens with zero attached hydrogens (tertiary/aromatic N) is 1. The van der Waals surface area contributed by atoms with Crippen LogP contribution in [0.25, 0.3) is 0 Å². The van der Waals surface area contributed by atoms with Gasteiger partial charge in [0.1, 0.15) is 0 Å². The van der Waals surface area contributed by atoms with Gasteiger partial charge in [0.2, 0.25) is 11.5 Å². The molecule has 0 radical (unpaired) electrons. The molecule has 1 aliphatic rings. The standard InChI is InChI=1S/C20H24N2O4/c1-25-17-4-3-14(11-18(17)26-2)12-20(24)22-9-6-15(7-10-22)16-5-8-21-19(23)13-16/h3-5,8,11,13,15H,6-7,9-10,12H2,1-2H3,(H,21,23). The molecule has 3 rings (SSSR count). The number of pyridine rings is 1. The second-order valence-electron chi connectivity index (χ2n) is 6.51. The highest BCUT2D eigenvalue weighted by atomic mass is 16.5. The fourth-order valence-corrected chi connectivity index (χ4v) is 3.45. The first-order chi connectivity index (χ1) is 12.6. The largest absolute Gasteiger partial charge is 0.493 e. The van der Waals surface area contributed by atoms with E-state index >= 15 is 0 Å². The molecule has 1 saturated heterocycles. The summed E-state index contributed by atoms with van der Waals surface area (Å²) in [6.45, 7) is 1.42. The molecule has 0 aliphatic carbocycles. The number of aromatic amines is 1. The first-order valence-electron chi connectivity index (χ1n) is 8.78. The molecule has 1 aromatic carbocycles. The summed E-state index contributed by atoms with van der Waals surface area (Å²) >= 11 is 0. The Morgan fingerprint density at radius 1 is 1.12 bits per heavy atom. The number of likely N-dealkylation sites (tertiary alicyclic amines) is 1. The van der Waals surface area contributed by atoms with Crippen molar-refractivity contribution in [2.45, 2.75) is 25.2 Å². The second kappa shape index (κ2) is 8.08. The van der Waals surface area contributed by atoms with Gasteiger partial charge in [-0.15, -0.1) is 0 Å². The molecule has 1 aliphatic heterocycles. The van der Waals surface area contributed by atoms with Crippen molar-refractivity contribution in [3.05, 3.63) is 58.0 Å². The first kappa shape index (κ1) is 18.0. The number of rotatable bonds is 5. The van der Waals surface area contributed by atoms with Gasteiger partial charge in [0.15, 0.2) is 11.5 Å². The average molecular weight is 356 g/mol. The van der Waals surface area contributed by atoms with Crippen LogP contribution in [-0.2, 0) is 11.2 Å². The Hall–Kier alpha value is -2.76. The molecular formula is C20H24N2O4. The van der Waals surface area contributed by atoms with Gasteiger partial charge in [-0.1, -0.05) is 6.07 Å². The number of benzene rings is 1. The summed E-state index contributed by atoms with van der Waals surface area (Å²) in [5.41, 5.74) is 1.89. The molecule has 0 unspecified atom stereocenters. The van der Waals surface area contributed by atoms with Gasteiger partial charge in [-0.25, -0.2) is 0 Å². The van der Waals surface area contributed by atoms with Gasteiger partial charge in [-0.05, 0) is 48.1 Å². The number of H-pyrrole nitrogens is 1. The van der Waals surface area contributed by atoms with Crippen molar-refractivity contribution < 1.29 is 14.3 Å². The number of ether oxygens (including phenoxy) is 2. The number of carbonyl (C=O) groups excluding carboxylic acids is 1. The quantitative estimate of drug-likeness (QED) is 0.893. The predicted molar refractivity (Wildman–Crippen MR) is 98.9 cm³/mol. The third-order valence-corrected chi connectivity index (χ3v) is 4.92. The Morgan fingerprint density at radius 2 is 1.85 bits per heavy atom. The van der Waals surface area contributed by atoms with E-state index in [-0.39, 0.29) is 11.5 Å². The maximum absolute atomic E-state index is 12.6. The van der Waals surface area contributed by atoms with Crippen LogP contribution in [-0.4, -0.2) is 43.1 Å². The lowest BCUT2D eigenvalue weighted by Crippen LogP contribution is -2.38. The van der Waals surface area contributed by atoms with Crippen molar-refractivity contribution in [3.63, 3.8) is 0 Å². The molecule has 6 nitrogen and oxygen atoms in total. The Morgan fingerprint density at radius 3 is 2.50 bits per heavy atom. The van der Waals surface area contributed by atoms with E-state index in [2.05, 4.69) is 4.98 Å². The van der Waals surface area contributed by atoms with Crippen molar-refractivity contribution in [2.75, 3.05) is 27.3 Å². The molecule has 2 aromatic rings. The Labute approximate surface area is 152 Å². The van der Waals surface area contributed by atoms with Gasteiger partial charge in [0.25, 0.3) is 0 Å². The number of piperidine rings is 1. The highest BCUT2D eigenvalue weighted by Crippen LogP contribution is 2.29. The van der Waals surface area contributed by atoms with Crippen molar-refractivity contribution in [2.24, 2.45) is 0 Å². The normalized spacial score (nSPS) is 14.9. The number of aromatic nitrogens is 1. The minimum absolute atomic E-state index is 0.0746. The van der Waals surface area contributed by atoms with Gasteiger partial charge in [-0.2, -0.15) is 0 Å². The van der Waals surface area contributed by atoms with Crippen LogP contribution < -0.4 is 15.0 Å². The Balaban J connectivity index is 1.59. The van der Waals surface area contributed by atoms with E-state index in [4.69, 9.17) is 9.47 Å². The number of hydrogen-bond acceptors (Lipinski definition) is 4. The van der Waals surface area contributed by atoms with Gasteiger partial charge in [0.05, 0.1) is 20.6 Å². The molecule has 0 bridgehead atoms. The smallest absolute Gasteiger partial charge is 0.248 e. The van der Waals surface area contributed by atoms with E-state index in [1.54, 1.807) is 26.5 Å². The van der Waals surface area contributed by atoms with Crippen LogP contribution >= 0.6 is 0 Å². The van der Waals surface area contributed by atoms with Crippen LogP contribution in [0.2, 0.25) is 0 Å². The molecule has 26 heavy (non-hydrogen) atoms. The third-order valence-electron chi connectivity index (χ3n) is 4.92. The van der Waals surface area contributed by atoms with Gasteiger partial charge in [0, 0.05) is 25.4 Å². The lowest BCUT2D eigenvalue weighted by atomic mass is 9.90. The number of carbonyl (C=O) groups is 1. The third kappa shape index (κ3) is 4.07. The summed E-state index contributed by atoms with van der Waals surface area (Å²) in [7, 11) is 3.18. The van der Waals surface area contributed by atoms with Crippen molar-refractivity contribution in [3.8, 4) is 11.5 Å². The van der Waals surface area contributed by atoms with E-state index in [0.29, 0.717) is 36.9 Å². The van der Waals surface area contributed by atoms with E-state index in [1.807, 2.05) is 29.2 Å². The van der Waals surface area contributed by atoms with Crippen LogP contribution in [0.1, 0.15) is 29.9 Å². The molecule has 0 saturated carbocycles. The minimum Gasteiger partial charge on any atom is -0.493 e. The molecule has 2 heterocycles. The monoisotopic (exact) mass is 356 g/mol. The molecule has 1 fully saturated rings. The zero-order valence-electron chi connectivity index (χ0n) is 15.2. The Kier molecular flexibility index (Phi) is 5.61. The number of methoxy groups -OCH3 is 2. The topological polar surface area (TPSA) is 71.6 Å². The van der Waals surface area contributed by atoms with Crippen molar-refractivity contribution in [1.82, 2.24) is 9.88 Å². The van der Waals surface area contributed by atoms with Crippen molar-refractivity contribution in [1.29, 1.82) is 0 Å². The molecule has 1 amide bonds. The number of nitrogens with one attached hydrogen (secondary N) is 1. The maximum Gasteiger partial charge on any atom is 0.248 e. The van der Waals surface area contributed by atoms with Crippen LogP contribution in [0.15, 0.2) is 41.3 Å². The molecule has 6 heteroatoms. The highest BCUT2D eigenvalue weighted by Gasteiger charge is 2.24.